The van der Waals surface area contributed by atoms with Gasteiger partial charge in [0.05, 0.1) is 5.69 Å². The lowest BCUT2D eigenvalue weighted by Crippen LogP contribution is -2.08. The van der Waals surface area contributed by atoms with Crippen molar-refractivity contribution in [2.24, 2.45) is 5.92 Å². The van der Waals surface area contributed by atoms with Crippen molar-refractivity contribution < 1.29 is 9.26 Å². The Bertz CT molecular complexity index is 766. The quantitative estimate of drug-likeness (QED) is 0.663. The van der Waals surface area contributed by atoms with Gasteiger partial charge in [0.2, 0.25) is 5.89 Å². The van der Waals surface area contributed by atoms with E-state index in [4.69, 9.17) is 9.26 Å². The van der Waals surface area contributed by atoms with E-state index in [1.807, 2.05) is 29.8 Å². The van der Waals surface area contributed by atoms with Gasteiger partial charge in [0.1, 0.15) is 12.6 Å². The average Bonchev–Trinajstić information content (AvgIpc) is 3.23. The van der Waals surface area contributed by atoms with Gasteiger partial charge in [-0.05, 0) is 31.0 Å². The first-order valence-electron chi connectivity index (χ1n) is 7.99. The Morgan fingerprint density at radius 1 is 1.12 bits per heavy atom. The van der Waals surface area contributed by atoms with Crippen LogP contribution in [-0.2, 0) is 11.3 Å². The van der Waals surface area contributed by atoms with Crippen LogP contribution >= 0.6 is 0 Å². The van der Waals surface area contributed by atoms with Gasteiger partial charge in [0.25, 0.3) is 0 Å². The first-order valence-corrected chi connectivity index (χ1v) is 7.99. The largest absolute Gasteiger partial charge is 0.370 e. The van der Waals surface area contributed by atoms with Gasteiger partial charge in [0.15, 0.2) is 5.82 Å². The third-order valence-electron chi connectivity index (χ3n) is 3.50. The van der Waals surface area contributed by atoms with Crippen LogP contribution in [0.3, 0.4) is 0 Å². The minimum absolute atomic E-state index is 0.192. The van der Waals surface area contributed by atoms with Crippen molar-refractivity contribution in [1.82, 2.24) is 24.9 Å². The van der Waals surface area contributed by atoms with E-state index in [0.29, 0.717) is 30.8 Å². The number of aromatic nitrogens is 5. The fourth-order valence-corrected chi connectivity index (χ4v) is 2.26. The number of pyridine rings is 1. The summed E-state index contributed by atoms with van der Waals surface area (Å²) in [4.78, 5) is 8.46. The molecule has 0 aliphatic rings. The van der Waals surface area contributed by atoms with Crippen LogP contribution in [0.5, 0.6) is 0 Å². The maximum atomic E-state index is 5.72. The van der Waals surface area contributed by atoms with Crippen LogP contribution in [0.1, 0.15) is 38.6 Å². The summed E-state index contributed by atoms with van der Waals surface area (Å²) in [6.45, 7) is 7.21. The van der Waals surface area contributed by atoms with Crippen molar-refractivity contribution in [3.8, 4) is 11.3 Å². The van der Waals surface area contributed by atoms with E-state index in [9.17, 15) is 0 Å². The van der Waals surface area contributed by atoms with Gasteiger partial charge in [-0.3, -0.25) is 9.67 Å². The molecule has 0 aliphatic heterocycles. The van der Waals surface area contributed by atoms with Gasteiger partial charge in [0, 0.05) is 30.8 Å². The number of hydrogen-bond acceptors (Lipinski definition) is 6. The first-order chi connectivity index (χ1) is 11.6. The second-order valence-corrected chi connectivity index (χ2v) is 6.03. The molecular formula is C17H21N5O2. The molecule has 0 unspecified atom stereocenters. The van der Waals surface area contributed by atoms with E-state index in [1.54, 1.807) is 18.6 Å². The summed E-state index contributed by atoms with van der Waals surface area (Å²) < 4.78 is 12.9. The molecule has 0 saturated heterocycles. The van der Waals surface area contributed by atoms with Crippen molar-refractivity contribution in [1.29, 1.82) is 0 Å². The van der Waals surface area contributed by atoms with Crippen LogP contribution in [0.2, 0.25) is 0 Å². The fraction of sp³-hybridized carbons (Fsp3) is 0.412. The molecule has 0 saturated carbocycles. The topological polar surface area (TPSA) is 78.9 Å². The van der Waals surface area contributed by atoms with Crippen molar-refractivity contribution in [3.63, 3.8) is 0 Å². The zero-order chi connectivity index (χ0) is 16.9. The lowest BCUT2D eigenvalue weighted by molar-refractivity contribution is 0.0402. The Kier molecular flexibility index (Phi) is 5.00. The third-order valence-corrected chi connectivity index (χ3v) is 3.50. The SMILES string of the molecule is CC(C)CO[C@@H](C)c1noc(Cn2nccc2-c2ccncc2)n1. The van der Waals surface area contributed by atoms with Crippen LogP contribution in [0, 0.1) is 5.92 Å². The Balaban J connectivity index is 1.71. The lowest BCUT2D eigenvalue weighted by atomic mass is 10.2. The standard InChI is InChI=1S/C17H21N5O2/c1-12(2)11-23-13(3)17-20-16(24-21-17)10-22-15(6-9-19-22)14-4-7-18-8-5-14/h4-9,12-13H,10-11H2,1-3H3/t13-/m0/s1. The minimum atomic E-state index is -0.192. The Morgan fingerprint density at radius 3 is 2.67 bits per heavy atom. The van der Waals surface area contributed by atoms with E-state index < -0.39 is 0 Å². The first kappa shape index (κ1) is 16.3. The monoisotopic (exact) mass is 327 g/mol. The molecule has 7 nitrogen and oxygen atoms in total. The molecule has 126 valence electrons. The van der Waals surface area contributed by atoms with E-state index >= 15 is 0 Å². The van der Waals surface area contributed by atoms with Crippen LogP contribution in [0.15, 0.2) is 41.3 Å². The van der Waals surface area contributed by atoms with Crippen LogP contribution in [0.4, 0.5) is 0 Å². The molecule has 1 atom stereocenters. The molecule has 0 amide bonds. The molecule has 7 heteroatoms. The Hall–Kier alpha value is -2.54. The Labute approximate surface area is 140 Å². The van der Waals surface area contributed by atoms with Gasteiger partial charge in [-0.1, -0.05) is 19.0 Å². The molecule has 0 aromatic carbocycles. The lowest BCUT2D eigenvalue weighted by Gasteiger charge is -2.10. The number of nitrogens with zero attached hydrogens (tertiary/aromatic N) is 5. The molecule has 3 aromatic rings. The van der Waals surface area contributed by atoms with E-state index in [1.165, 1.54) is 0 Å². The molecule has 3 heterocycles. The van der Waals surface area contributed by atoms with Crippen LogP contribution in [0.25, 0.3) is 11.3 Å². The highest BCUT2D eigenvalue weighted by Gasteiger charge is 2.16. The van der Waals surface area contributed by atoms with Crippen molar-refractivity contribution >= 4 is 0 Å². The highest BCUT2D eigenvalue weighted by atomic mass is 16.5. The highest BCUT2D eigenvalue weighted by molar-refractivity contribution is 5.58. The molecule has 0 N–H and O–H groups in total. The Morgan fingerprint density at radius 2 is 1.92 bits per heavy atom. The van der Waals surface area contributed by atoms with E-state index in [2.05, 4.69) is 34.1 Å². The fourth-order valence-electron chi connectivity index (χ4n) is 2.26. The smallest absolute Gasteiger partial charge is 0.248 e. The molecule has 3 aromatic heterocycles. The maximum absolute atomic E-state index is 5.72. The molecule has 24 heavy (non-hydrogen) atoms. The number of ether oxygens (including phenoxy) is 1. The van der Waals surface area contributed by atoms with E-state index in [0.717, 1.165) is 11.3 Å². The summed E-state index contributed by atoms with van der Waals surface area (Å²) in [6, 6.07) is 5.82. The van der Waals surface area contributed by atoms with Gasteiger partial charge in [-0.25, -0.2) is 0 Å². The van der Waals surface area contributed by atoms with Gasteiger partial charge in [-0.2, -0.15) is 10.1 Å². The predicted molar refractivity (Wildman–Crippen MR) is 88.1 cm³/mol. The molecule has 0 bridgehead atoms. The van der Waals surface area contributed by atoms with Crippen molar-refractivity contribution in [2.45, 2.75) is 33.4 Å². The molecule has 0 radical (unpaired) electrons. The second-order valence-electron chi connectivity index (χ2n) is 6.03. The number of rotatable bonds is 7. The third kappa shape index (κ3) is 3.86. The zero-order valence-corrected chi connectivity index (χ0v) is 14.1. The molecule has 0 fully saturated rings. The molecule has 0 spiro atoms. The summed E-state index contributed by atoms with van der Waals surface area (Å²) in [6.07, 6.45) is 5.07. The summed E-state index contributed by atoms with van der Waals surface area (Å²) in [5.74, 6) is 1.53. The number of hydrogen-bond donors (Lipinski definition) is 0. The van der Waals surface area contributed by atoms with Gasteiger partial charge < -0.3 is 9.26 Å². The van der Waals surface area contributed by atoms with Gasteiger partial charge >= 0.3 is 0 Å². The predicted octanol–water partition coefficient (Wildman–Crippen LogP) is 3.11. The molecule has 3 rings (SSSR count). The maximum Gasteiger partial charge on any atom is 0.248 e. The molecule has 0 aliphatic carbocycles. The minimum Gasteiger partial charge on any atom is -0.370 e. The normalized spacial score (nSPS) is 12.7. The van der Waals surface area contributed by atoms with Crippen LogP contribution in [-0.4, -0.2) is 31.5 Å². The zero-order valence-electron chi connectivity index (χ0n) is 14.1. The van der Waals surface area contributed by atoms with Crippen LogP contribution < -0.4 is 0 Å². The highest BCUT2D eigenvalue weighted by Crippen LogP contribution is 2.19. The summed E-state index contributed by atoms with van der Waals surface area (Å²) in [5, 5.41) is 8.35. The second kappa shape index (κ2) is 7.35. The van der Waals surface area contributed by atoms with E-state index in [-0.39, 0.29) is 6.10 Å². The summed E-state index contributed by atoms with van der Waals surface area (Å²) in [5.41, 5.74) is 2.01. The van der Waals surface area contributed by atoms with Crippen molar-refractivity contribution in [3.05, 3.63) is 48.5 Å². The van der Waals surface area contributed by atoms with Gasteiger partial charge in [-0.15, -0.1) is 0 Å². The van der Waals surface area contributed by atoms with Crippen molar-refractivity contribution in [2.75, 3.05) is 6.61 Å². The summed E-state index contributed by atoms with van der Waals surface area (Å²) >= 11 is 0. The average molecular weight is 327 g/mol. The molecular weight excluding hydrogens is 306 g/mol. The summed E-state index contributed by atoms with van der Waals surface area (Å²) in [7, 11) is 0.